The Morgan fingerprint density at radius 3 is 2.68 bits per heavy atom. The van der Waals surface area contributed by atoms with Crippen molar-refractivity contribution in [2.24, 2.45) is 0 Å². The maximum atomic E-state index is 15.6. The van der Waals surface area contributed by atoms with Gasteiger partial charge < -0.3 is 9.64 Å². The van der Waals surface area contributed by atoms with E-state index in [1.807, 2.05) is 0 Å². The Bertz CT molecular complexity index is 1230. The van der Waals surface area contributed by atoms with Gasteiger partial charge in [0, 0.05) is 25.6 Å². The molecule has 2 fully saturated rings. The molecule has 0 saturated carbocycles. The molecule has 0 amide bonds. The van der Waals surface area contributed by atoms with Gasteiger partial charge in [-0.15, -0.1) is 0 Å². The lowest BCUT2D eigenvalue weighted by Crippen LogP contribution is -2.62. The lowest BCUT2D eigenvalue weighted by molar-refractivity contribution is -0.116. The molecule has 2 aromatic carbocycles. The summed E-state index contributed by atoms with van der Waals surface area (Å²) in [5, 5.41) is 0. The molecule has 0 bridgehead atoms. The molecule has 5 rings (SSSR count). The van der Waals surface area contributed by atoms with E-state index in [1.54, 1.807) is 23.1 Å². The highest BCUT2D eigenvalue weighted by Crippen LogP contribution is 2.40. The molecule has 1 aromatic heterocycles. The Balaban J connectivity index is 1.42. The van der Waals surface area contributed by atoms with Crippen LogP contribution in [0.5, 0.6) is 0 Å². The van der Waals surface area contributed by atoms with E-state index in [1.165, 1.54) is 36.5 Å². The topological polar surface area (TPSA) is 75.6 Å². The second kappa shape index (κ2) is 7.47. The molecule has 2 aliphatic rings. The fourth-order valence-corrected chi connectivity index (χ4v) is 6.00. The van der Waals surface area contributed by atoms with Crippen LogP contribution in [0.25, 0.3) is 11.0 Å². The van der Waals surface area contributed by atoms with Crippen molar-refractivity contribution in [1.82, 2.24) is 14.3 Å². The van der Waals surface area contributed by atoms with Crippen LogP contribution in [0.3, 0.4) is 0 Å². The number of alkyl halides is 1. The zero-order valence-corrected chi connectivity index (χ0v) is 17.3. The van der Waals surface area contributed by atoms with Crippen molar-refractivity contribution >= 4 is 26.9 Å². The molecular formula is C21H20F2N4O3S. The Labute approximate surface area is 178 Å². The number of benzene rings is 2. The van der Waals surface area contributed by atoms with Gasteiger partial charge in [0.05, 0.1) is 35.3 Å². The average molecular weight is 446 g/mol. The number of sulfonamides is 1. The number of hydrogen-bond acceptors (Lipinski definition) is 6. The van der Waals surface area contributed by atoms with E-state index < -0.39 is 27.7 Å². The van der Waals surface area contributed by atoms with Crippen LogP contribution in [0, 0.1) is 5.82 Å². The van der Waals surface area contributed by atoms with Gasteiger partial charge in [-0.3, -0.25) is 4.98 Å². The van der Waals surface area contributed by atoms with Crippen molar-refractivity contribution in [1.29, 1.82) is 0 Å². The molecule has 0 N–H and O–H groups in total. The number of piperidine rings is 1. The zero-order chi connectivity index (χ0) is 21.6. The first-order valence-corrected chi connectivity index (χ1v) is 11.4. The predicted molar refractivity (Wildman–Crippen MR) is 110 cm³/mol. The van der Waals surface area contributed by atoms with Crippen molar-refractivity contribution in [3.8, 4) is 0 Å². The largest absolute Gasteiger partial charge is 0.355 e. The number of ether oxygens (including phenoxy) is 1. The Kier molecular flexibility index (Phi) is 4.87. The van der Waals surface area contributed by atoms with E-state index in [9.17, 15) is 12.8 Å². The summed E-state index contributed by atoms with van der Waals surface area (Å²) in [6.45, 7) is 0.470. The van der Waals surface area contributed by atoms with Gasteiger partial charge in [0.25, 0.3) is 0 Å². The molecule has 3 heterocycles. The second-order valence-electron chi connectivity index (χ2n) is 7.61. The minimum Gasteiger partial charge on any atom is -0.355 e. The quantitative estimate of drug-likeness (QED) is 0.616. The number of aromatic nitrogens is 2. The van der Waals surface area contributed by atoms with Gasteiger partial charge in [-0.2, -0.15) is 4.31 Å². The summed E-state index contributed by atoms with van der Waals surface area (Å²) in [5.74, 6) is 0.0449. The standard InChI is InChI=1S/C21H20F2N4O3S/c22-15-6-7-17-18(12-15)24-13-20(25-17)26-9-8-21(19(23)14-26)27(10-11-30-21)31(28,29)16-4-2-1-3-5-16/h1-7,12-13,19H,8-11,14H2/t19-,21-/m0/s1. The number of hydrogen-bond donors (Lipinski definition) is 0. The van der Waals surface area contributed by atoms with Crippen molar-refractivity contribution in [3.63, 3.8) is 0 Å². The molecule has 0 unspecified atom stereocenters. The molecule has 3 aromatic rings. The second-order valence-corrected chi connectivity index (χ2v) is 9.47. The third kappa shape index (κ3) is 3.35. The lowest BCUT2D eigenvalue weighted by Gasteiger charge is -2.45. The van der Waals surface area contributed by atoms with E-state index >= 15 is 4.39 Å². The van der Waals surface area contributed by atoms with Crippen LogP contribution in [-0.4, -0.2) is 60.8 Å². The van der Waals surface area contributed by atoms with Crippen LogP contribution in [0.4, 0.5) is 14.6 Å². The summed E-state index contributed by atoms with van der Waals surface area (Å²) in [6, 6.07) is 12.1. The summed E-state index contributed by atoms with van der Waals surface area (Å²) in [7, 11) is -3.91. The fourth-order valence-electron chi connectivity index (χ4n) is 4.27. The van der Waals surface area contributed by atoms with Gasteiger partial charge in [-0.25, -0.2) is 22.2 Å². The minimum absolute atomic E-state index is 0.0950. The van der Waals surface area contributed by atoms with Gasteiger partial charge in [-0.1, -0.05) is 18.2 Å². The van der Waals surface area contributed by atoms with E-state index in [2.05, 4.69) is 9.97 Å². The van der Waals surface area contributed by atoms with Gasteiger partial charge in [-0.05, 0) is 24.3 Å². The van der Waals surface area contributed by atoms with E-state index in [-0.39, 0.29) is 31.0 Å². The van der Waals surface area contributed by atoms with Gasteiger partial charge in [0.2, 0.25) is 10.0 Å². The van der Waals surface area contributed by atoms with Crippen LogP contribution >= 0.6 is 0 Å². The monoisotopic (exact) mass is 446 g/mol. The smallest absolute Gasteiger partial charge is 0.245 e. The summed E-state index contributed by atoms with van der Waals surface area (Å²) in [4.78, 5) is 10.5. The van der Waals surface area contributed by atoms with Crippen LogP contribution < -0.4 is 4.90 Å². The highest BCUT2D eigenvalue weighted by Gasteiger charge is 2.56. The number of rotatable bonds is 3. The fraction of sp³-hybridized carbons (Fsp3) is 0.333. The molecule has 2 atom stereocenters. The number of fused-ring (bicyclic) bond motifs is 1. The van der Waals surface area contributed by atoms with Crippen LogP contribution in [0.2, 0.25) is 0 Å². The molecule has 2 saturated heterocycles. The van der Waals surface area contributed by atoms with E-state index in [0.29, 0.717) is 23.4 Å². The molecule has 2 aliphatic heterocycles. The normalized spacial score (nSPS) is 24.8. The maximum Gasteiger partial charge on any atom is 0.245 e. The summed E-state index contributed by atoms with van der Waals surface area (Å²) < 4.78 is 62.2. The van der Waals surface area contributed by atoms with Gasteiger partial charge >= 0.3 is 0 Å². The average Bonchev–Trinajstić information content (AvgIpc) is 3.21. The first-order chi connectivity index (χ1) is 14.9. The molecule has 162 valence electrons. The van der Waals surface area contributed by atoms with Gasteiger partial charge in [0.1, 0.15) is 11.6 Å². The molecular weight excluding hydrogens is 426 g/mol. The molecule has 0 aliphatic carbocycles. The third-order valence-electron chi connectivity index (χ3n) is 5.83. The van der Waals surface area contributed by atoms with Crippen LogP contribution in [0.15, 0.2) is 59.6 Å². The molecule has 31 heavy (non-hydrogen) atoms. The summed E-state index contributed by atoms with van der Waals surface area (Å²) in [6.07, 6.45) is 0.0251. The minimum atomic E-state index is -3.91. The van der Waals surface area contributed by atoms with Crippen LogP contribution in [0.1, 0.15) is 6.42 Å². The lowest BCUT2D eigenvalue weighted by atomic mass is 9.98. The Morgan fingerprint density at radius 1 is 1.10 bits per heavy atom. The van der Waals surface area contributed by atoms with Crippen molar-refractivity contribution in [3.05, 3.63) is 60.5 Å². The third-order valence-corrected chi connectivity index (χ3v) is 7.77. The maximum absolute atomic E-state index is 15.6. The predicted octanol–water partition coefficient (Wildman–Crippen LogP) is 2.73. The van der Waals surface area contributed by atoms with Gasteiger partial charge in [0.15, 0.2) is 11.9 Å². The highest BCUT2D eigenvalue weighted by molar-refractivity contribution is 7.89. The number of anilines is 1. The Morgan fingerprint density at radius 2 is 1.90 bits per heavy atom. The SMILES string of the molecule is O=S(=O)(c1ccccc1)N1CCO[C@]12CCN(c1cnc3cc(F)ccc3n1)C[C@@H]2F. The van der Waals surface area contributed by atoms with Crippen molar-refractivity contribution in [2.45, 2.75) is 23.2 Å². The molecule has 7 nitrogen and oxygen atoms in total. The summed E-state index contributed by atoms with van der Waals surface area (Å²) >= 11 is 0. The van der Waals surface area contributed by atoms with Crippen molar-refractivity contribution in [2.75, 3.05) is 31.1 Å². The zero-order valence-electron chi connectivity index (χ0n) is 16.5. The van der Waals surface area contributed by atoms with E-state index in [0.717, 1.165) is 4.31 Å². The first kappa shape index (κ1) is 20.2. The molecule has 0 radical (unpaired) electrons. The molecule has 1 spiro atoms. The summed E-state index contributed by atoms with van der Waals surface area (Å²) in [5.41, 5.74) is -0.633. The Hall–Kier alpha value is -2.69. The van der Waals surface area contributed by atoms with Crippen LogP contribution in [-0.2, 0) is 14.8 Å². The highest BCUT2D eigenvalue weighted by atomic mass is 32.2. The molecule has 10 heteroatoms. The first-order valence-electron chi connectivity index (χ1n) is 9.93. The van der Waals surface area contributed by atoms with Crippen molar-refractivity contribution < 1.29 is 21.9 Å². The number of halogens is 2. The van der Waals surface area contributed by atoms with E-state index in [4.69, 9.17) is 4.74 Å². The number of nitrogens with zero attached hydrogens (tertiary/aromatic N) is 4.